The molecule has 0 saturated heterocycles. The van der Waals surface area contributed by atoms with Crippen LogP contribution in [0.15, 0.2) is 54.9 Å². The van der Waals surface area contributed by atoms with Crippen LogP contribution in [0.1, 0.15) is 11.1 Å². The average molecular weight is 317 g/mol. The molecule has 2 heterocycles. The molecule has 5 heteroatoms. The highest BCUT2D eigenvalue weighted by atomic mass is 15.2. The molecule has 120 valence electrons. The summed E-state index contributed by atoms with van der Waals surface area (Å²) in [6.45, 7) is 2.93. The molecular weight excluding hydrogens is 298 g/mol. The van der Waals surface area contributed by atoms with Gasteiger partial charge in [-0.1, -0.05) is 36.4 Å². The van der Waals surface area contributed by atoms with Gasteiger partial charge >= 0.3 is 0 Å². The topological polar surface area (TPSA) is 67.1 Å². The Hall–Kier alpha value is -3.08. The van der Waals surface area contributed by atoms with Gasteiger partial charge in [0.1, 0.15) is 12.0 Å². The van der Waals surface area contributed by atoms with Gasteiger partial charge in [0.05, 0.1) is 0 Å². The summed E-state index contributed by atoms with van der Waals surface area (Å²) in [5.74, 6) is 1.39. The molecule has 0 fully saturated rings. The fourth-order valence-electron chi connectivity index (χ4n) is 3.10. The van der Waals surface area contributed by atoms with Crippen molar-refractivity contribution in [3.8, 4) is 0 Å². The Morgan fingerprint density at radius 2 is 1.83 bits per heavy atom. The smallest absolute Gasteiger partial charge is 0.161 e. The van der Waals surface area contributed by atoms with E-state index in [0.717, 1.165) is 30.0 Å². The zero-order valence-corrected chi connectivity index (χ0v) is 13.5. The molecule has 3 N–H and O–H groups in total. The van der Waals surface area contributed by atoms with Crippen molar-refractivity contribution < 1.29 is 0 Å². The fraction of sp³-hybridized carbons (Fsp3) is 0.158. The molecule has 0 saturated carbocycles. The third-order valence-corrected chi connectivity index (χ3v) is 4.40. The lowest BCUT2D eigenvalue weighted by Gasteiger charge is -2.21. The lowest BCUT2D eigenvalue weighted by Crippen LogP contribution is -2.17. The van der Waals surface area contributed by atoms with E-state index < -0.39 is 0 Å². The predicted octanol–water partition coefficient (Wildman–Crippen LogP) is 3.81. The van der Waals surface area contributed by atoms with E-state index in [4.69, 9.17) is 5.73 Å². The maximum absolute atomic E-state index is 6.39. The van der Waals surface area contributed by atoms with Crippen LogP contribution in [0, 0.1) is 6.92 Å². The van der Waals surface area contributed by atoms with Crippen LogP contribution in [-0.4, -0.2) is 16.5 Å². The predicted molar refractivity (Wildman–Crippen MR) is 98.1 cm³/mol. The molecule has 0 spiro atoms. The van der Waals surface area contributed by atoms with E-state index in [1.54, 1.807) is 6.33 Å². The van der Waals surface area contributed by atoms with Gasteiger partial charge in [0, 0.05) is 17.9 Å². The summed E-state index contributed by atoms with van der Waals surface area (Å²) in [4.78, 5) is 10.9. The molecule has 0 atom stereocenters. The second-order valence-corrected chi connectivity index (χ2v) is 5.93. The van der Waals surface area contributed by atoms with Crippen molar-refractivity contribution >= 4 is 28.7 Å². The number of nitrogen functional groups attached to an aromatic ring is 1. The molecule has 0 amide bonds. The third kappa shape index (κ3) is 2.44. The van der Waals surface area contributed by atoms with Gasteiger partial charge in [0.2, 0.25) is 0 Å². The molecule has 0 radical (unpaired) electrons. The van der Waals surface area contributed by atoms with E-state index >= 15 is 0 Å². The first-order valence-electron chi connectivity index (χ1n) is 8.02. The van der Waals surface area contributed by atoms with Crippen molar-refractivity contribution in [3.05, 3.63) is 66.0 Å². The number of hydrogen-bond acceptors (Lipinski definition) is 5. The van der Waals surface area contributed by atoms with E-state index in [0.29, 0.717) is 11.5 Å². The summed E-state index contributed by atoms with van der Waals surface area (Å²) < 4.78 is 0. The Bertz CT molecular complexity index is 890. The van der Waals surface area contributed by atoms with Crippen molar-refractivity contribution in [2.45, 2.75) is 13.3 Å². The zero-order valence-electron chi connectivity index (χ0n) is 13.5. The number of nitrogens with one attached hydrogen (secondary N) is 1. The van der Waals surface area contributed by atoms with Gasteiger partial charge in [0.25, 0.3) is 0 Å². The molecule has 0 aliphatic carbocycles. The van der Waals surface area contributed by atoms with Crippen molar-refractivity contribution in [1.29, 1.82) is 0 Å². The minimum atomic E-state index is 0.567. The molecule has 2 aromatic carbocycles. The summed E-state index contributed by atoms with van der Waals surface area (Å²) >= 11 is 0. The number of aryl methyl sites for hydroxylation is 1. The normalized spacial score (nSPS) is 13.0. The molecule has 5 nitrogen and oxygen atoms in total. The van der Waals surface area contributed by atoms with Crippen LogP contribution in [0.5, 0.6) is 0 Å². The summed E-state index contributed by atoms with van der Waals surface area (Å²) in [7, 11) is 0. The highest BCUT2D eigenvalue weighted by Gasteiger charge is 2.24. The number of anilines is 5. The number of nitrogens with two attached hydrogens (primary N) is 1. The first kappa shape index (κ1) is 14.5. The monoisotopic (exact) mass is 317 g/mol. The van der Waals surface area contributed by atoms with Crippen LogP contribution in [0.4, 0.5) is 28.7 Å². The van der Waals surface area contributed by atoms with Crippen molar-refractivity contribution in [2.24, 2.45) is 0 Å². The number of benzene rings is 2. The van der Waals surface area contributed by atoms with E-state index in [9.17, 15) is 0 Å². The van der Waals surface area contributed by atoms with Gasteiger partial charge in [-0.3, -0.25) is 0 Å². The fourth-order valence-corrected chi connectivity index (χ4v) is 3.10. The molecule has 1 aliphatic heterocycles. The number of hydrogen-bond donors (Lipinski definition) is 2. The van der Waals surface area contributed by atoms with Gasteiger partial charge in [-0.15, -0.1) is 0 Å². The van der Waals surface area contributed by atoms with Gasteiger partial charge < -0.3 is 16.0 Å². The first-order chi connectivity index (χ1) is 11.7. The van der Waals surface area contributed by atoms with Crippen LogP contribution in [0.25, 0.3) is 0 Å². The van der Waals surface area contributed by atoms with Crippen LogP contribution in [0.3, 0.4) is 0 Å². The third-order valence-electron chi connectivity index (χ3n) is 4.40. The SMILES string of the molecule is Cc1ccccc1Nc1ncnc(N2CCc3ccccc32)c1N. The molecule has 3 aromatic rings. The Morgan fingerprint density at radius 1 is 1.04 bits per heavy atom. The van der Waals surface area contributed by atoms with E-state index in [2.05, 4.69) is 51.4 Å². The maximum atomic E-state index is 6.39. The molecule has 24 heavy (non-hydrogen) atoms. The van der Waals surface area contributed by atoms with Crippen LogP contribution >= 0.6 is 0 Å². The van der Waals surface area contributed by atoms with Gasteiger partial charge in [-0.05, 0) is 36.6 Å². The van der Waals surface area contributed by atoms with Crippen LogP contribution in [-0.2, 0) is 6.42 Å². The zero-order chi connectivity index (χ0) is 16.5. The van der Waals surface area contributed by atoms with Gasteiger partial charge in [-0.2, -0.15) is 0 Å². The maximum Gasteiger partial charge on any atom is 0.161 e. The molecule has 4 rings (SSSR count). The molecule has 0 unspecified atom stereocenters. The van der Waals surface area contributed by atoms with E-state index in [1.165, 1.54) is 11.3 Å². The van der Waals surface area contributed by atoms with Crippen molar-refractivity contribution in [1.82, 2.24) is 9.97 Å². The number of rotatable bonds is 3. The summed E-state index contributed by atoms with van der Waals surface area (Å²) in [5, 5.41) is 3.33. The van der Waals surface area contributed by atoms with Crippen molar-refractivity contribution in [3.63, 3.8) is 0 Å². The number of para-hydroxylation sites is 2. The molecular formula is C19H19N5. The lowest BCUT2D eigenvalue weighted by molar-refractivity contribution is 0.967. The average Bonchev–Trinajstić information content (AvgIpc) is 3.03. The number of fused-ring (bicyclic) bond motifs is 1. The van der Waals surface area contributed by atoms with Gasteiger partial charge in [0.15, 0.2) is 11.6 Å². The molecule has 0 bridgehead atoms. The van der Waals surface area contributed by atoms with Crippen LogP contribution in [0.2, 0.25) is 0 Å². The summed E-state index contributed by atoms with van der Waals surface area (Å²) in [6.07, 6.45) is 2.56. The largest absolute Gasteiger partial charge is 0.393 e. The van der Waals surface area contributed by atoms with E-state index in [1.807, 2.05) is 24.3 Å². The minimum absolute atomic E-state index is 0.567. The Balaban J connectivity index is 1.71. The molecule has 1 aromatic heterocycles. The Morgan fingerprint density at radius 3 is 2.71 bits per heavy atom. The first-order valence-corrected chi connectivity index (χ1v) is 8.02. The standard InChI is InChI=1S/C19H19N5/c1-13-6-2-4-8-15(13)23-18-17(20)19(22-12-21-18)24-11-10-14-7-3-5-9-16(14)24/h2-9,12H,10-11,20H2,1H3,(H,21,22,23). The quantitative estimate of drug-likeness (QED) is 0.769. The Labute approximate surface area is 141 Å². The second kappa shape index (κ2) is 5.85. The van der Waals surface area contributed by atoms with Crippen LogP contribution < -0.4 is 16.0 Å². The summed E-state index contributed by atoms with van der Waals surface area (Å²) in [5.41, 5.74) is 11.6. The van der Waals surface area contributed by atoms with Crippen molar-refractivity contribution in [2.75, 3.05) is 22.5 Å². The highest BCUT2D eigenvalue weighted by molar-refractivity contribution is 5.83. The van der Waals surface area contributed by atoms with Gasteiger partial charge in [-0.25, -0.2) is 9.97 Å². The Kier molecular flexibility index (Phi) is 3.54. The molecule has 1 aliphatic rings. The number of aromatic nitrogens is 2. The minimum Gasteiger partial charge on any atom is -0.393 e. The second-order valence-electron chi connectivity index (χ2n) is 5.93. The highest BCUT2D eigenvalue weighted by Crippen LogP contribution is 2.38. The number of nitrogens with zero attached hydrogens (tertiary/aromatic N) is 3. The van der Waals surface area contributed by atoms with E-state index in [-0.39, 0.29) is 0 Å². The lowest BCUT2D eigenvalue weighted by atomic mass is 10.2. The summed E-state index contributed by atoms with van der Waals surface area (Å²) in [6, 6.07) is 16.4.